The van der Waals surface area contributed by atoms with E-state index in [1.165, 1.54) is 12.8 Å². The molecular formula is C25H29N5O5S. The van der Waals surface area contributed by atoms with E-state index in [1.54, 1.807) is 43.3 Å². The topological polar surface area (TPSA) is 119 Å². The molecular weight excluding hydrogens is 482 g/mol. The summed E-state index contributed by atoms with van der Waals surface area (Å²) in [6, 6.07) is 7.37. The predicted octanol–water partition coefficient (Wildman–Crippen LogP) is 2.81. The Morgan fingerprint density at radius 1 is 1.11 bits per heavy atom. The Labute approximate surface area is 210 Å². The number of aromatic nitrogens is 3. The largest absolute Gasteiger partial charge is 0.497 e. The third kappa shape index (κ3) is 4.55. The lowest BCUT2D eigenvalue weighted by Gasteiger charge is -2.53. The zero-order valence-corrected chi connectivity index (χ0v) is 21.4. The first kappa shape index (κ1) is 24.2. The minimum atomic E-state index is -3.75. The summed E-state index contributed by atoms with van der Waals surface area (Å²) in [4.78, 5) is 25.4. The van der Waals surface area contributed by atoms with Crippen LogP contribution in [0.4, 0.5) is 5.69 Å². The number of ether oxygens (including phenoxy) is 1. The molecule has 4 heterocycles. The Hall–Kier alpha value is -3.47. The lowest BCUT2D eigenvalue weighted by Crippen LogP contribution is -2.62. The Balaban J connectivity index is 1.20. The minimum absolute atomic E-state index is 0.0335. The molecule has 1 spiro atoms. The van der Waals surface area contributed by atoms with Crippen molar-refractivity contribution >= 4 is 21.4 Å². The number of methoxy groups -OCH3 is 1. The maximum absolute atomic E-state index is 13.1. The highest BCUT2D eigenvalue weighted by molar-refractivity contribution is 7.90. The standard InChI is InChI=1S/C25H29N5O5S/c1-17-12-20(34-3)13-18(2)22(17)36(32,33)14-21-27-23(35-28-21)24(31)30-15-25(16-30)6-10-29(11-7-25)19-4-8-26-9-5-19/h4-5,8-9,12-13H,6-7,10-11,14-16H2,1-3H3. The maximum atomic E-state index is 13.1. The SMILES string of the molecule is COc1cc(C)c(S(=O)(=O)Cc2noc(C(=O)N3CC4(CCN(c5ccncc5)CC4)C3)n2)c(C)c1. The van der Waals surface area contributed by atoms with Crippen LogP contribution in [0, 0.1) is 19.3 Å². The molecule has 11 heteroatoms. The zero-order valence-electron chi connectivity index (χ0n) is 20.6. The second kappa shape index (κ2) is 9.20. The molecule has 2 aliphatic heterocycles. The Morgan fingerprint density at radius 2 is 1.75 bits per heavy atom. The van der Waals surface area contributed by atoms with Gasteiger partial charge in [-0.15, -0.1) is 0 Å². The molecule has 1 amide bonds. The molecule has 0 saturated carbocycles. The molecule has 0 aliphatic carbocycles. The van der Waals surface area contributed by atoms with Crippen LogP contribution in [0.2, 0.25) is 0 Å². The number of hydrogen-bond donors (Lipinski definition) is 0. The number of pyridine rings is 1. The van der Waals surface area contributed by atoms with Crippen LogP contribution in [0.3, 0.4) is 0 Å². The van der Waals surface area contributed by atoms with Gasteiger partial charge in [-0.05, 0) is 62.1 Å². The molecule has 0 radical (unpaired) electrons. The number of amides is 1. The second-order valence-corrected chi connectivity index (χ2v) is 11.6. The monoisotopic (exact) mass is 511 g/mol. The van der Waals surface area contributed by atoms with Gasteiger partial charge in [-0.3, -0.25) is 9.78 Å². The lowest BCUT2D eigenvalue weighted by molar-refractivity contribution is -0.0108. The fraction of sp³-hybridized carbons (Fsp3) is 0.440. The zero-order chi connectivity index (χ0) is 25.5. The Bertz CT molecular complexity index is 1350. The Kier molecular flexibility index (Phi) is 6.19. The number of sulfone groups is 1. The van der Waals surface area contributed by atoms with Crippen LogP contribution in [0.5, 0.6) is 5.75 Å². The van der Waals surface area contributed by atoms with E-state index in [0.29, 0.717) is 30.0 Å². The van der Waals surface area contributed by atoms with E-state index < -0.39 is 15.6 Å². The van der Waals surface area contributed by atoms with Gasteiger partial charge in [0.05, 0.1) is 12.0 Å². The smallest absolute Gasteiger partial charge is 0.316 e. The van der Waals surface area contributed by atoms with E-state index in [1.807, 2.05) is 12.1 Å². The summed E-state index contributed by atoms with van der Waals surface area (Å²) in [5, 5.41) is 3.78. The number of nitrogens with zero attached hydrogens (tertiary/aromatic N) is 5. The van der Waals surface area contributed by atoms with Gasteiger partial charge in [-0.2, -0.15) is 4.98 Å². The number of aryl methyl sites for hydroxylation is 2. The summed E-state index contributed by atoms with van der Waals surface area (Å²) in [6.07, 6.45) is 5.58. The van der Waals surface area contributed by atoms with Gasteiger partial charge < -0.3 is 19.1 Å². The average molecular weight is 512 g/mol. The molecule has 0 bridgehead atoms. The fourth-order valence-electron chi connectivity index (χ4n) is 5.31. The lowest BCUT2D eigenvalue weighted by atomic mass is 9.72. The molecule has 36 heavy (non-hydrogen) atoms. The molecule has 2 aromatic heterocycles. The van der Waals surface area contributed by atoms with E-state index in [9.17, 15) is 13.2 Å². The van der Waals surface area contributed by atoms with E-state index in [4.69, 9.17) is 9.26 Å². The summed E-state index contributed by atoms with van der Waals surface area (Å²) in [6.45, 7) is 6.56. The van der Waals surface area contributed by atoms with E-state index in [0.717, 1.165) is 25.9 Å². The predicted molar refractivity (Wildman–Crippen MR) is 132 cm³/mol. The number of hydrogen-bond acceptors (Lipinski definition) is 9. The first-order chi connectivity index (χ1) is 17.2. The summed E-state index contributed by atoms with van der Waals surface area (Å²) < 4.78 is 36.6. The van der Waals surface area contributed by atoms with E-state index in [-0.39, 0.29) is 27.9 Å². The Morgan fingerprint density at radius 3 is 2.36 bits per heavy atom. The molecule has 10 nitrogen and oxygen atoms in total. The van der Waals surface area contributed by atoms with Gasteiger partial charge in [-0.1, -0.05) is 5.16 Å². The number of piperidine rings is 1. The van der Waals surface area contributed by atoms with Crippen molar-refractivity contribution in [2.24, 2.45) is 5.41 Å². The molecule has 2 aliphatic rings. The van der Waals surface area contributed by atoms with Crippen LogP contribution in [0.1, 0.15) is 40.5 Å². The molecule has 2 fully saturated rings. The van der Waals surface area contributed by atoms with Crippen molar-refractivity contribution in [2.75, 3.05) is 38.2 Å². The highest BCUT2D eigenvalue weighted by Crippen LogP contribution is 2.41. The van der Waals surface area contributed by atoms with Gasteiger partial charge in [0.2, 0.25) is 0 Å². The van der Waals surface area contributed by atoms with Gasteiger partial charge in [0.1, 0.15) is 11.5 Å². The van der Waals surface area contributed by atoms with Crippen molar-refractivity contribution in [3.63, 3.8) is 0 Å². The van der Waals surface area contributed by atoms with Gasteiger partial charge >= 0.3 is 11.8 Å². The van der Waals surface area contributed by atoms with Crippen molar-refractivity contribution in [3.05, 3.63) is 59.5 Å². The quantitative estimate of drug-likeness (QED) is 0.492. The molecule has 0 unspecified atom stereocenters. The van der Waals surface area contributed by atoms with Crippen molar-refractivity contribution in [1.29, 1.82) is 0 Å². The number of likely N-dealkylation sites (tertiary alicyclic amines) is 1. The third-order valence-electron chi connectivity index (χ3n) is 7.14. The first-order valence-electron chi connectivity index (χ1n) is 11.8. The normalized spacial score (nSPS) is 17.2. The third-order valence-corrected chi connectivity index (χ3v) is 9.05. The van der Waals surface area contributed by atoms with Crippen LogP contribution >= 0.6 is 0 Å². The molecule has 0 atom stereocenters. The van der Waals surface area contributed by atoms with Gasteiger partial charge in [-0.25, -0.2) is 8.42 Å². The molecule has 1 aromatic carbocycles. The van der Waals surface area contributed by atoms with Gasteiger partial charge in [0.15, 0.2) is 15.7 Å². The summed E-state index contributed by atoms with van der Waals surface area (Å²) in [5.74, 6) is -0.426. The van der Waals surface area contributed by atoms with Crippen LogP contribution in [0.25, 0.3) is 0 Å². The molecule has 190 valence electrons. The number of benzene rings is 1. The number of carbonyl (C=O) groups is 1. The fourth-order valence-corrected chi connectivity index (χ4v) is 7.01. The molecule has 2 saturated heterocycles. The average Bonchev–Trinajstić information content (AvgIpc) is 3.29. The minimum Gasteiger partial charge on any atom is -0.497 e. The van der Waals surface area contributed by atoms with Crippen LogP contribution in [-0.2, 0) is 15.6 Å². The van der Waals surface area contributed by atoms with Crippen LogP contribution < -0.4 is 9.64 Å². The highest BCUT2D eigenvalue weighted by Gasteiger charge is 2.47. The second-order valence-electron chi connectivity index (χ2n) is 9.72. The molecule has 5 rings (SSSR count). The number of anilines is 1. The van der Waals surface area contributed by atoms with E-state index >= 15 is 0 Å². The summed E-state index contributed by atoms with van der Waals surface area (Å²) in [7, 11) is -2.21. The van der Waals surface area contributed by atoms with Crippen molar-refractivity contribution in [3.8, 4) is 5.75 Å². The highest BCUT2D eigenvalue weighted by atomic mass is 32.2. The van der Waals surface area contributed by atoms with Gasteiger partial charge in [0.25, 0.3) is 0 Å². The van der Waals surface area contributed by atoms with Crippen LogP contribution in [-0.4, -0.2) is 67.6 Å². The number of carbonyl (C=O) groups excluding carboxylic acids is 1. The van der Waals surface area contributed by atoms with Crippen LogP contribution in [0.15, 0.2) is 46.1 Å². The summed E-state index contributed by atoms with van der Waals surface area (Å²) in [5.41, 5.74) is 2.43. The van der Waals surface area contributed by atoms with Crippen molar-refractivity contribution in [1.82, 2.24) is 20.0 Å². The maximum Gasteiger partial charge on any atom is 0.316 e. The van der Waals surface area contributed by atoms with Gasteiger partial charge in [0, 0.05) is 49.7 Å². The number of rotatable bonds is 6. The molecule has 0 N–H and O–H groups in total. The van der Waals surface area contributed by atoms with Crippen molar-refractivity contribution < 1.29 is 22.5 Å². The van der Waals surface area contributed by atoms with Crippen molar-refractivity contribution in [2.45, 2.75) is 37.3 Å². The van der Waals surface area contributed by atoms with E-state index in [2.05, 4.69) is 20.0 Å². The first-order valence-corrected chi connectivity index (χ1v) is 13.5. The summed E-state index contributed by atoms with van der Waals surface area (Å²) >= 11 is 0. The molecule has 3 aromatic rings.